The van der Waals surface area contributed by atoms with Crippen LogP contribution in [-0.4, -0.2) is 53.3 Å². The van der Waals surface area contributed by atoms with Crippen molar-refractivity contribution in [2.45, 2.75) is 18.5 Å². The smallest absolute Gasteiger partial charge is 0.274 e. The number of anilines is 2. The van der Waals surface area contributed by atoms with Crippen LogP contribution in [0.4, 0.5) is 15.8 Å². The number of nitrogens with zero attached hydrogens (tertiary/aromatic N) is 5. The van der Waals surface area contributed by atoms with E-state index in [1.807, 2.05) is 17.0 Å². The lowest BCUT2D eigenvalue weighted by Crippen LogP contribution is -2.33. The fraction of sp³-hybridized carbons (Fsp3) is 0.194. The van der Waals surface area contributed by atoms with Gasteiger partial charge in [0, 0.05) is 30.5 Å². The van der Waals surface area contributed by atoms with Gasteiger partial charge in [0.15, 0.2) is 0 Å². The van der Waals surface area contributed by atoms with Crippen LogP contribution in [0.15, 0.2) is 67.0 Å². The Morgan fingerprint density at radius 2 is 2.00 bits per heavy atom. The van der Waals surface area contributed by atoms with Gasteiger partial charge in [-0.1, -0.05) is 12.1 Å². The van der Waals surface area contributed by atoms with Gasteiger partial charge in [-0.15, -0.1) is 0 Å². The Morgan fingerprint density at radius 3 is 2.74 bits per heavy atom. The molecular formula is C31H26FN7O3. The lowest BCUT2D eigenvalue weighted by atomic mass is 10.0. The zero-order chi connectivity index (χ0) is 29.8. The third-order valence-corrected chi connectivity index (χ3v) is 7.15. The van der Waals surface area contributed by atoms with E-state index in [0.29, 0.717) is 41.0 Å². The number of nitrogens with two attached hydrogens (primary N) is 1. The highest BCUT2D eigenvalue weighted by Crippen LogP contribution is 2.37. The molecule has 4 aromatic rings. The number of carbonyl (C=O) groups excluding carboxylic acids is 1. The molecule has 42 heavy (non-hydrogen) atoms. The van der Waals surface area contributed by atoms with E-state index in [9.17, 15) is 24.8 Å². The van der Waals surface area contributed by atoms with Crippen molar-refractivity contribution in [1.82, 2.24) is 9.97 Å². The van der Waals surface area contributed by atoms with Crippen LogP contribution >= 0.6 is 0 Å². The average Bonchev–Trinajstić information content (AvgIpc) is 3.41. The summed E-state index contributed by atoms with van der Waals surface area (Å²) in [6, 6.07) is 17.6. The maximum atomic E-state index is 14.9. The average molecular weight is 564 g/mol. The molecule has 0 radical (unpaired) electrons. The number of rotatable bonds is 7. The fourth-order valence-corrected chi connectivity index (χ4v) is 5.14. The van der Waals surface area contributed by atoms with Crippen molar-refractivity contribution in [3.8, 4) is 40.3 Å². The number of nitrogens with one attached hydrogen (secondary N) is 1. The molecule has 5 rings (SSSR count). The molecule has 2 aromatic carbocycles. The summed E-state index contributed by atoms with van der Waals surface area (Å²) in [5.74, 6) is -1.09. The van der Waals surface area contributed by atoms with Crippen molar-refractivity contribution in [3.63, 3.8) is 0 Å². The number of aromatic nitrogens is 2. The maximum Gasteiger partial charge on any atom is 0.274 e. The number of methoxy groups -OCH3 is 1. The van der Waals surface area contributed by atoms with Crippen LogP contribution in [0.2, 0.25) is 0 Å². The Hall–Kier alpha value is -5.36. The molecule has 1 aliphatic rings. The van der Waals surface area contributed by atoms with Crippen LogP contribution in [0.1, 0.15) is 28.0 Å². The van der Waals surface area contributed by atoms with Crippen LogP contribution in [0, 0.1) is 28.5 Å². The highest BCUT2D eigenvalue weighted by Gasteiger charge is 2.32. The second kappa shape index (κ2) is 12.0. The largest absolute Gasteiger partial charge is 0.496 e. The van der Waals surface area contributed by atoms with Gasteiger partial charge in [0.2, 0.25) is 0 Å². The Bertz CT molecular complexity index is 1750. The monoisotopic (exact) mass is 563 g/mol. The number of hydrogen-bond donors (Lipinski definition) is 3. The Balaban J connectivity index is 1.57. The van der Waals surface area contributed by atoms with E-state index >= 15 is 0 Å². The molecule has 0 saturated carbocycles. The molecule has 2 aromatic heterocycles. The standard InChI is InChI=1S/C31H26FN7O3/c1-42-28-4-2-3-24(32)29(28)30-20(14-34)6-8-26(37-30)31(41)38-25-7-5-18(23-15-36-10-9-19(23)13-33)11-27(25)39-16-21(35)12-22(39)17-40/h2-11,15,21-22,40H,12,16-17,35H2,1H3,(H,38,41)/t21-,22?/m0/s1. The van der Waals surface area contributed by atoms with E-state index in [-0.39, 0.29) is 47.0 Å². The van der Waals surface area contributed by atoms with Crippen LogP contribution in [0.25, 0.3) is 22.4 Å². The van der Waals surface area contributed by atoms with Gasteiger partial charge < -0.3 is 25.8 Å². The predicted octanol–water partition coefficient (Wildman–Crippen LogP) is 3.85. The number of amides is 1. The summed E-state index contributed by atoms with van der Waals surface area (Å²) in [5, 5.41) is 32.2. The SMILES string of the molecule is COc1cccc(F)c1-c1nc(C(=O)Nc2ccc(-c3cnccc3C#N)cc2N2C[C@@H](N)CC2CO)ccc1C#N. The number of halogens is 1. The topological polar surface area (TPSA) is 161 Å². The van der Waals surface area contributed by atoms with Crippen LogP contribution in [0.5, 0.6) is 5.75 Å². The molecule has 210 valence electrons. The second-order valence-corrected chi connectivity index (χ2v) is 9.73. The molecule has 0 aliphatic carbocycles. The minimum Gasteiger partial charge on any atom is -0.496 e. The lowest BCUT2D eigenvalue weighted by molar-refractivity contribution is 0.102. The minimum atomic E-state index is -0.652. The van der Waals surface area contributed by atoms with Crippen LogP contribution < -0.4 is 20.7 Å². The number of ether oxygens (including phenoxy) is 1. The molecule has 1 fully saturated rings. The van der Waals surface area contributed by atoms with Gasteiger partial charge in [-0.2, -0.15) is 10.5 Å². The molecule has 1 amide bonds. The summed E-state index contributed by atoms with van der Waals surface area (Å²) in [6.45, 7) is 0.286. The van der Waals surface area contributed by atoms with Gasteiger partial charge in [-0.05, 0) is 54.4 Å². The summed E-state index contributed by atoms with van der Waals surface area (Å²) in [5.41, 5.74) is 8.92. The van der Waals surface area contributed by atoms with Gasteiger partial charge in [0.05, 0.1) is 59.6 Å². The van der Waals surface area contributed by atoms with Crippen molar-refractivity contribution in [2.75, 3.05) is 30.5 Å². The van der Waals surface area contributed by atoms with Crippen molar-refractivity contribution in [2.24, 2.45) is 5.73 Å². The van der Waals surface area contributed by atoms with Gasteiger partial charge in [0.25, 0.3) is 5.91 Å². The molecule has 11 heteroatoms. The normalized spacial score (nSPS) is 16.0. The maximum absolute atomic E-state index is 14.9. The Morgan fingerprint density at radius 1 is 1.19 bits per heavy atom. The molecular weight excluding hydrogens is 537 g/mol. The summed E-state index contributed by atoms with van der Waals surface area (Å²) in [6.07, 6.45) is 3.68. The van der Waals surface area contributed by atoms with E-state index in [0.717, 1.165) is 0 Å². The van der Waals surface area contributed by atoms with E-state index in [2.05, 4.69) is 21.4 Å². The molecule has 4 N–H and O–H groups in total. The first-order chi connectivity index (χ1) is 20.4. The highest BCUT2D eigenvalue weighted by molar-refractivity contribution is 6.05. The van der Waals surface area contributed by atoms with Gasteiger partial charge in [-0.3, -0.25) is 9.78 Å². The third-order valence-electron chi connectivity index (χ3n) is 7.15. The zero-order valence-corrected chi connectivity index (χ0v) is 22.6. The summed E-state index contributed by atoms with van der Waals surface area (Å²) >= 11 is 0. The first kappa shape index (κ1) is 28.2. The number of nitriles is 2. The molecule has 1 aliphatic heterocycles. The summed E-state index contributed by atoms with van der Waals surface area (Å²) < 4.78 is 20.2. The molecule has 0 spiro atoms. The fourth-order valence-electron chi connectivity index (χ4n) is 5.14. The number of benzene rings is 2. The van der Waals surface area contributed by atoms with E-state index in [1.165, 1.54) is 37.6 Å². The quantitative estimate of drug-likeness (QED) is 0.303. The Labute approximate surface area is 241 Å². The first-order valence-corrected chi connectivity index (χ1v) is 13.1. The lowest BCUT2D eigenvalue weighted by Gasteiger charge is -2.28. The van der Waals surface area contributed by atoms with Crippen molar-refractivity contribution in [1.29, 1.82) is 10.5 Å². The van der Waals surface area contributed by atoms with Gasteiger partial charge in [0.1, 0.15) is 23.3 Å². The molecule has 0 bridgehead atoms. The molecule has 1 saturated heterocycles. The van der Waals surface area contributed by atoms with Crippen LogP contribution in [0.3, 0.4) is 0 Å². The Kier molecular flexibility index (Phi) is 8.07. The summed E-state index contributed by atoms with van der Waals surface area (Å²) in [7, 11) is 1.38. The number of aliphatic hydroxyl groups excluding tert-OH is 1. The van der Waals surface area contributed by atoms with Gasteiger partial charge >= 0.3 is 0 Å². The second-order valence-electron chi connectivity index (χ2n) is 9.73. The number of carbonyl (C=O) groups is 1. The molecule has 2 atom stereocenters. The summed E-state index contributed by atoms with van der Waals surface area (Å²) in [4.78, 5) is 24.0. The van der Waals surface area contributed by atoms with Crippen molar-refractivity contribution >= 4 is 17.3 Å². The van der Waals surface area contributed by atoms with E-state index < -0.39 is 11.7 Å². The zero-order valence-electron chi connectivity index (χ0n) is 22.6. The van der Waals surface area contributed by atoms with Crippen molar-refractivity contribution < 1.29 is 19.0 Å². The molecule has 1 unspecified atom stereocenters. The predicted molar refractivity (Wildman–Crippen MR) is 154 cm³/mol. The van der Waals surface area contributed by atoms with E-state index in [1.54, 1.807) is 30.5 Å². The third kappa shape index (κ3) is 5.34. The first-order valence-electron chi connectivity index (χ1n) is 13.1. The number of hydrogen-bond acceptors (Lipinski definition) is 9. The van der Waals surface area contributed by atoms with Crippen LogP contribution in [-0.2, 0) is 0 Å². The highest BCUT2D eigenvalue weighted by atomic mass is 19.1. The number of aliphatic hydroxyl groups is 1. The van der Waals surface area contributed by atoms with Crippen molar-refractivity contribution in [3.05, 3.63) is 89.6 Å². The number of pyridine rings is 2. The molecule has 3 heterocycles. The minimum absolute atomic E-state index is 0.0258. The molecule has 10 nitrogen and oxygen atoms in total. The van der Waals surface area contributed by atoms with E-state index in [4.69, 9.17) is 10.5 Å². The van der Waals surface area contributed by atoms with Gasteiger partial charge in [-0.25, -0.2) is 9.37 Å².